The predicted octanol–water partition coefficient (Wildman–Crippen LogP) is 16.0. The lowest BCUT2D eigenvalue weighted by Gasteiger charge is -2.27. The van der Waals surface area contributed by atoms with Gasteiger partial charge in [0, 0.05) is 28.5 Å². The third-order valence-corrected chi connectivity index (χ3v) is 12.1. The zero-order valence-electron chi connectivity index (χ0n) is 43.1. The number of rotatable bonds is 7. The Balaban J connectivity index is 1.30. The molecular weight excluding hydrogens is 779 g/mol. The second-order valence-corrected chi connectivity index (χ2v) is 19.8. The van der Waals surface area contributed by atoms with E-state index < -0.39 is 23.5 Å². The maximum absolute atomic E-state index is 12.5. The zero-order chi connectivity index (χ0) is 49.3. The first-order valence-electron chi connectivity index (χ1n) is 24.5. The quantitative estimate of drug-likeness (QED) is 0.174. The molecule has 0 aliphatic rings. The van der Waals surface area contributed by atoms with E-state index in [1.54, 1.807) is 6.07 Å². The maximum Gasteiger partial charge on any atom is 0.149 e. The summed E-state index contributed by atoms with van der Waals surface area (Å²) in [6.45, 7) is 19.3. The summed E-state index contributed by atoms with van der Waals surface area (Å²) >= 11 is 0. The highest BCUT2D eigenvalue weighted by Gasteiger charge is 2.29. The number of nitrogens with zero attached hydrogens (tertiary/aromatic N) is 3. The minimum Gasteiger partial charge on any atom is -0.507 e. The van der Waals surface area contributed by atoms with Gasteiger partial charge in [0.2, 0.25) is 0 Å². The normalized spacial score (nSPS) is 13.3. The monoisotopic (exact) mass is 840 g/mol. The summed E-state index contributed by atoms with van der Waals surface area (Å²) in [6.07, 6.45) is 1.87. The molecule has 0 amide bonds. The SMILES string of the molecule is [2H]c1c([2H])c([2H])c(-c2ccccc2-n2c(-c3cc(C(C)(C)C)cc(C(C)(C)C)c3O)nc3c(-c4cc(-c5cc(-c6ccc(-c7ccccc7)cc6)ccn5)cc(C(C)(C)C)c4)cccc32)c([2H])c1[2H]. The molecule has 64 heavy (non-hydrogen) atoms. The highest BCUT2D eigenvalue weighted by Crippen LogP contribution is 2.46. The molecule has 318 valence electrons. The summed E-state index contributed by atoms with van der Waals surface area (Å²) in [5.41, 5.74) is 12.9. The number of hydrogen-bond acceptors (Lipinski definition) is 3. The Morgan fingerprint density at radius 3 is 1.78 bits per heavy atom. The van der Waals surface area contributed by atoms with Crippen LogP contribution in [0.5, 0.6) is 5.75 Å². The largest absolute Gasteiger partial charge is 0.507 e. The van der Waals surface area contributed by atoms with Crippen molar-refractivity contribution in [3.8, 4) is 78.6 Å². The second kappa shape index (κ2) is 16.3. The van der Waals surface area contributed by atoms with Crippen LogP contribution in [0.3, 0.4) is 0 Å². The van der Waals surface area contributed by atoms with Gasteiger partial charge in [0.15, 0.2) is 0 Å². The average Bonchev–Trinajstić information content (AvgIpc) is 3.71. The van der Waals surface area contributed by atoms with Crippen molar-refractivity contribution in [2.45, 2.75) is 78.6 Å². The van der Waals surface area contributed by atoms with Crippen LogP contribution < -0.4 is 0 Å². The van der Waals surface area contributed by atoms with Gasteiger partial charge >= 0.3 is 0 Å². The van der Waals surface area contributed by atoms with Crippen molar-refractivity contribution in [2.75, 3.05) is 0 Å². The van der Waals surface area contributed by atoms with Gasteiger partial charge in [-0.25, -0.2) is 4.98 Å². The zero-order valence-corrected chi connectivity index (χ0v) is 38.1. The molecule has 0 unspecified atom stereocenters. The Morgan fingerprint density at radius 2 is 1.09 bits per heavy atom. The van der Waals surface area contributed by atoms with Crippen molar-refractivity contribution in [2.24, 2.45) is 0 Å². The lowest BCUT2D eigenvalue weighted by molar-refractivity contribution is 0.446. The molecule has 0 aliphatic carbocycles. The van der Waals surface area contributed by atoms with Crippen LogP contribution in [0, 0.1) is 0 Å². The van der Waals surface area contributed by atoms with Gasteiger partial charge in [0.25, 0.3) is 0 Å². The summed E-state index contributed by atoms with van der Waals surface area (Å²) in [5, 5.41) is 12.5. The van der Waals surface area contributed by atoms with Crippen molar-refractivity contribution >= 4 is 11.0 Å². The van der Waals surface area contributed by atoms with Crippen LogP contribution in [0.4, 0.5) is 0 Å². The standard InChI is InChI=1S/C60H57N3O/c1-58(2,3)46-34-44(33-45(35-46)52-36-43(31-32-61-52)41-29-27-40(28-30-41)39-19-12-10-13-20-39)49-24-18-26-54-55(49)62-57(50-37-47(59(4,5)6)38-51(56(50)64)60(7,8)9)63(54)53-25-17-16-23-48(53)42-21-14-11-15-22-42/h10-38,64H,1-9H3/i11D,14D,15D,21D,22D. The number of aromatic nitrogens is 3. The smallest absolute Gasteiger partial charge is 0.149 e. The summed E-state index contributed by atoms with van der Waals surface area (Å²) in [4.78, 5) is 10.5. The lowest BCUT2D eigenvalue weighted by Crippen LogP contribution is -2.17. The number of para-hydroxylation sites is 2. The number of hydrogen-bond donors (Lipinski definition) is 1. The van der Waals surface area contributed by atoms with Crippen LogP contribution in [0.25, 0.3) is 83.9 Å². The number of benzene rings is 7. The highest BCUT2D eigenvalue weighted by molar-refractivity contribution is 5.98. The molecule has 0 saturated heterocycles. The first-order chi connectivity index (χ1) is 32.6. The molecule has 4 heteroatoms. The van der Waals surface area contributed by atoms with Crippen molar-refractivity contribution in [3.63, 3.8) is 0 Å². The molecule has 0 saturated carbocycles. The molecule has 2 heterocycles. The molecule has 9 rings (SSSR count). The molecule has 0 fully saturated rings. The van der Waals surface area contributed by atoms with Crippen molar-refractivity contribution in [3.05, 3.63) is 193 Å². The van der Waals surface area contributed by atoms with E-state index in [1.807, 2.05) is 59.3 Å². The summed E-state index contributed by atoms with van der Waals surface area (Å²) < 4.78 is 45.7. The number of imidazole rings is 1. The van der Waals surface area contributed by atoms with Crippen LogP contribution in [-0.2, 0) is 16.2 Å². The minimum absolute atomic E-state index is 0.0768. The molecule has 9 aromatic rings. The van der Waals surface area contributed by atoms with E-state index >= 15 is 0 Å². The van der Waals surface area contributed by atoms with E-state index in [9.17, 15) is 5.11 Å². The van der Waals surface area contributed by atoms with Gasteiger partial charge in [0.1, 0.15) is 11.6 Å². The fourth-order valence-corrected chi connectivity index (χ4v) is 8.45. The van der Waals surface area contributed by atoms with E-state index in [1.165, 1.54) is 5.56 Å². The molecule has 2 aromatic heterocycles. The number of aromatic hydroxyl groups is 1. The van der Waals surface area contributed by atoms with Crippen molar-refractivity contribution in [1.29, 1.82) is 0 Å². The fourth-order valence-electron chi connectivity index (χ4n) is 8.45. The topological polar surface area (TPSA) is 50.9 Å². The average molecular weight is 841 g/mol. The maximum atomic E-state index is 12.5. The van der Waals surface area contributed by atoms with Crippen LogP contribution in [0.2, 0.25) is 0 Å². The lowest BCUT2D eigenvalue weighted by atomic mass is 9.79. The van der Waals surface area contributed by atoms with Crippen molar-refractivity contribution in [1.82, 2.24) is 14.5 Å². The summed E-state index contributed by atoms with van der Waals surface area (Å²) in [7, 11) is 0. The number of phenols is 1. The van der Waals surface area contributed by atoms with E-state index in [4.69, 9.17) is 16.8 Å². The molecule has 7 aromatic carbocycles. The summed E-state index contributed by atoms with van der Waals surface area (Å²) in [6, 6.07) is 45.4. The molecular formula is C60H57N3O. The molecule has 0 aliphatic heterocycles. The molecule has 1 N–H and O–H groups in total. The number of fused-ring (bicyclic) bond motifs is 1. The molecule has 0 atom stereocenters. The minimum atomic E-state index is -0.459. The Kier molecular flexibility index (Phi) is 9.26. The van der Waals surface area contributed by atoms with Gasteiger partial charge in [-0.15, -0.1) is 0 Å². The Morgan fingerprint density at radius 1 is 0.484 bits per heavy atom. The van der Waals surface area contributed by atoms with Gasteiger partial charge in [-0.1, -0.05) is 190 Å². The fraction of sp³-hybridized carbons (Fsp3) is 0.200. The van der Waals surface area contributed by atoms with E-state index in [2.05, 4.69) is 147 Å². The van der Waals surface area contributed by atoms with Gasteiger partial charge < -0.3 is 5.11 Å². The number of pyridine rings is 1. The van der Waals surface area contributed by atoms with Crippen molar-refractivity contribution < 1.29 is 12.0 Å². The Labute approximate surface area is 386 Å². The van der Waals surface area contributed by atoms with Gasteiger partial charge in [-0.3, -0.25) is 9.55 Å². The second-order valence-electron chi connectivity index (χ2n) is 19.8. The number of phenolic OH excluding ortho intramolecular Hbond substituents is 1. The predicted molar refractivity (Wildman–Crippen MR) is 269 cm³/mol. The molecule has 0 bridgehead atoms. The van der Waals surface area contributed by atoms with E-state index in [-0.39, 0.29) is 34.2 Å². The third-order valence-electron chi connectivity index (χ3n) is 12.1. The van der Waals surface area contributed by atoms with Gasteiger partial charge in [-0.05, 0) is 103 Å². The van der Waals surface area contributed by atoms with Crippen LogP contribution in [0.15, 0.2) is 176 Å². The Hall–Kier alpha value is -7.04. The Bertz CT molecular complexity index is 3420. The first kappa shape index (κ1) is 36.4. The van der Waals surface area contributed by atoms with Gasteiger partial charge in [-0.2, -0.15) is 0 Å². The third kappa shape index (κ3) is 8.17. The molecule has 4 nitrogen and oxygen atoms in total. The van der Waals surface area contributed by atoms with Crippen LogP contribution in [-0.4, -0.2) is 19.6 Å². The molecule has 0 spiro atoms. The van der Waals surface area contributed by atoms with E-state index in [0.29, 0.717) is 33.7 Å². The first-order valence-corrected chi connectivity index (χ1v) is 22.0. The highest BCUT2D eigenvalue weighted by atomic mass is 16.3. The van der Waals surface area contributed by atoms with Crippen LogP contribution in [0.1, 0.15) is 85.9 Å². The summed E-state index contributed by atoms with van der Waals surface area (Å²) in [5.74, 6) is 0.554. The van der Waals surface area contributed by atoms with E-state index in [0.717, 1.165) is 55.8 Å². The molecule has 0 radical (unpaired) electrons. The van der Waals surface area contributed by atoms with Crippen LogP contribution >= 0.6 is 0 Å². The van der Waals surface area contributed by atoms with Gasteiger partial charge in [0.05, 0.1) is 34.8 Å².